The largest absolute Gasteiger partial charge is 0.455 e. The van der Waals surface area contributed by atoms with Crippen LogP contribution in [0.25, 0.3) is 44.9 Å². The molecule has 0 unspecified atom stereocenters. The number of hydrogen-bond donors (Lipinski definition) is 0. The lowest BCUT2D eigenvalue weighted by molar-refractivity contribution is 0.599. The third kappa shape index (κ3) is 4.17. The maximum Gasteiger partial charge on any atom is 0.143 e. The van der Waals surface area contributed by atoms with Crippen molar-refractivity contribution in [3.8, 4) is 44.9 Å². The van der Waals surface area contributed by atoms with E-state index in [2.05, 4.69) is 136 Å². The van der Waals surface area contributed by atoms with E-state index in [1.165, 1.54) is 27.4 Å². The summed E-state index contributed by atoms with van der Waals surface area (Å²) in [5.41, 5.74) is 8.23. The molecule has 1 heterocycles. The highest BCUT2D eigenvalue weighted by Crippen LogP contribution is 2.48. The van der Waals surface area contributed by atoms with E-state index >= 15 is 0 Å². The van der Waals surface area contributed by atoms with E-state index in [9.17, 15) is 0 Å². The smallest absolute Gasteiger partial charge is 0.143 e. The van der Waals surface area contributed by atoms with Crippen LogP contribution in [0.1, 0.15) is 5.56 Å². The molecule has 0 saturated heterocycles. The fourth-order valence-corrected chi connectivity index (χ4v) is 6.24. The highest BCUT2D eigenvalue weighted by atomic mass is 28.3. The monoisotopic (exact) mass is 458 g/mol. The van der Waals surface area contributed by atoms with Gasteiger partial charge in [-0.2, -0.15) is 0 Å². The summed E-state index contributed by atoms with van der Waals surface area (Å²) in [6.07, 6.45) is 0. The predicted molar refractivity (Wildman–Crippen MR) is 148 cm³/mol. The molecule has 0 spiro atoms. The van der Waals surface area contributed by atoms with Crippen LogP contribution >= 0.6 is 0 Å². The number of rotatable bonds is 5. The van der Waals surface area contributed by atoms with Crippen molar-refractivity contribution in [2.45, 2.75) is 26.6 Å². The van der Waals surface area contributed by atoms with Gasteiger partial charge >= 0.3 is 0 Å². The van der Waals surface area contributed by atoms with E-state index in [-0.39, 0.29) is 0 Å². The fourth-order valence-electron chi connectivity index (χ4n) is 4.62. The van der Waals surface area contributed by atoms with Crippen LogP contribution in [-0.4, -0.2) is 8.07 Å². The average Bonchev–Trinajstić information content (AvgIpc) is 3.25. The SMILES string of the molecule is Cc1ccc(-c2oc(-c3ccccc3)c(-c3ccccc3[Si](C)(C)C)c2-c2ccccc2)cc1. The first kappa shape index (κ1) is 22.2. The molecule has 0 aliphatic carbocycles. The van der Waals surface area contributed by atoms with Gasteiger partial charge in [0.2, 0.25) is 0 Å². The lowest BCUT2D eigenvalue weighted by Gasteiger charge is -2.22. The minimum absolute atomic E-state index is 0.922. The standard InChI is InChI=1S/C32H30OSi/c1-23-19-21-26(22-20-23)31-29(24-13-7-5-8-14-24)30(32(33-31)25-15-9-6-10-16-25)27-17-11-12-18-28(27)34(2,3)4/h5-22H,1-4H3. The molecule has 0 N–H and O–H groups in total. The quantitative estimate of drug-likeness (QED) is 0.240. The molecule has 0 bridgehead atoms. The number of hydrogen-bond acceptors (Lipinski definition) is 1. The molecule has 168 valence electrons. The van der Waals surface area contributed by atoms with Crippen LogP contribution in [0, 0.1) is 6.92 Å². The molecule has 0 radical (unpaired) electrons. The fraction of sp³-hybridized carbons (Fsp3) is 0.125. The first-order valence-corrected chi connectivity index (χ1v) is 15.4. The van der Waals surface area contributed by atoms with Crippen LogP contribution in [0.4, 0.5) is 0 Å². The van der Waals surface area contributed by atoms with Crippen LogP contribution in [-0.2, 0) is 0 Å². The molecule has 4 aromatic carbocycles. The Labute approximate surface area is 203 Å². The Morgan fingerprint density at radius 3 is 1.62 bits per heavy atom. The zero-order chi connectivity index (χ0) is 23.7. The Morgan fingerprint density at radius 1 is 0.500 bits per heavy atom. The van der Waals surface area contributed by atoms with Crippen molar-refractivity contribution in [3.63, 3.8) is 0 Å². The Hall–Kier alpha value is -3.62. The van der Waals surface area contributed by atoms with Crippen molar-refractivity contribution in [2.75, 3.05) is 0 Å². The third-order valence-electron chi connectivity index (χ3n) is 6.32. The van der Waals surface area contributed by atoms with Crippen LogP contribution in [0.2, 0.25) is 19.6 Å². The summed E-state index contributed by atoms with van der Waals surface area (Å²) in [5.74, 6) is 1.85. The molecule has 34 heavy (non-hydrogen) atoms. The van der Waals surface area contributed by atoms with E-state index in [0.717, 1.165) is 28.2 Å². The van der Waals surface area contributed by atoms with Gasteiger partial charge in [-0.25, -0.2) is 0 Å². The summed E-state index contributed by atoms with van der Waals surface area (Å²) in [6.45, 7) is 9.36. The maximum absolute atomic E-state index is 6.85. The first-order chi connectivity index (χ1) is 16.4. The van der Waals surface area contributed by atoms with Gasteiger partial charge in [-0.05, 0) is 18.1 Å². The molecule has 0 atom stereocenters. The van der Waals surface area contributed by atoms with Gasteiger partial charge in [0.1, 0.15) is 11.5 Å². The molecular formula is C32H30OSi. The highest BCUT2D eigenvalue weighted by molar-refractivity contribution is 6.89. The molecule has 1 nitrogen and oxygen atoms in total. The molecular weight excluding hydrogens is 428 g/mol. The summed E-state index contributed by atoms with van der Waals surface area (Å²) in [5, 5.41) is 1.45. The van der Waals surface area contributed by atoms with Crippen molar-refractivity contribution in [1.29, 1.82) is 0 Å². The van der Waals surface area contributed by atoms with Gasteiger partial charge in [-0.1, -0.05) is 140 Å². The molecule has 2 heteroatoms. The molecule has 0 saturated carbocycles. The van der Waals surface area contributed by atoms with Crippen molar-refractivity contribution in [1.82, 2.24) is 0 Å². The lowest BCUT2D eigenvalue weighted by Crippen LogP contribution is -2.38. The minimum atomic E-state index is -1.63. The molecule has 1 aromatic heterocycles. The molecule has 0 aliphatic heterocycles. The highest BCUT2D eigenvalue weighted by Gasteiger charge is 2.29. The number of aryl methyl sites for hydroxylation is 1. The third-order valence-corrected chi connectivity index (χ3v) is 8.38. The maximum atomic E-state index is 6.85. The van der Waals surface area contributed by atoms with Crippen LogP contribution in [0.3, 0.4) is 0 Å². The molecule has 0 aliphatic rings. The van der Waals surface area contributed by atoms with Gasteiger partial charge < -0.3 is 4.42 Å². The van der Waals surface area contributed by atoms with Crippen molar-refractivity contribution in [2.24, 2.45) is 0 Å². The second-order valence-electron chi connectivity index (χ2n) is 9.90. The average molecular weight is 459 g/mol. The summed E-state index contributed by atoms with van der Waals surface area (Å²) in [7, 11) is -1.63. The second kappa shape index (κ2) is 8.96. The lowest BCUT2D eigenvalue weighted by atomic mass is 9.91. The van der Waals surface area contributed by atoms with Crippen LogP contribution in [0.15, 0.2) is 114 Å². The van der Waals surface area contributed by atoms with Crippen LogP contribution in [0.5, 0.6) is 0 Å². The normalized spacial score (nSPS) is 11.5. The number of benzene rings is 4. The zero-order valence-corrected chi connectivity index (χ0v) is 21.3. The Balaban J connectivity index is 1.93. The first-order valence-electron chi connectivity index (χ1n) is 11.9. The van der Waals surface area contributed by atoms with Gasteiger partial charge in [0.15, 0.2) is 0 Å². The summed E-state index contributed by atoms with van der Waals surface area (Å²) < 4.78 is 6.85. The predicted octanol–water partition coefficient (Wildman–Crippen LogP) is 8.80. The number of furan rings is 1. The van der Waals surface area contributed by atoms with Crippen molar-refractivity contribution >= 4 is 13.3 Å². The van der Waals surface area contributed by atoms with E-state index in [0.29, 0.717) is 0 Å². The van der Waals surface area contributed by atoms with E-state index in [1.807, 2.05) is 0 Å². The Kier molecular flexibility index (Phi) is 5.85. The second-order valence-corrected chi connectivity index (χ2v) is 14.9. The van der Waals surface area contributed by atoms with Gasteiger partial charge in [-0.15, -0.1) is 0 Å². The minimum Gasteiger partial charge on any atom is -0.455 e. The van der Waals surface area contributed by atoms with E-state index in [4.69, 9.17) is 4.42 Å². The summed E-state index contributed by atoms with van der Waals surface area (Å²) >= 11 is 0. The topological polar surface area (TPSA) is 13.1 Å². The summed E-state index contributed by atoms with van der Waals surface area (Å²) in [4.78, 5) is 0. The zero-order valence-electron chi connectivity index (χ0n) is 20.3. The Bertz CT molecular complexity index is 1410. The molecule has 0 amide bonds. The Morgan fingerprint density at radius 2 is 1.00 bits per heavy atom. The van der Waals surface area contributed by atoms with Gasteiger partial charge in [0, 0.05) is 22.3 Å². The van der Waals surface area contributed by atoms with Crippen molar-refractivity contribution in [3.05, 3.63) is 115 Å². The molecule has 5 rings (SSSR count). The van der Waals surface area contributed by atoms with Crippen LogP contribution < -0.4 is 5.19 Å². The van der Waals surface area contributed by atoms with Crippen molar-refractivity contribution < 1.29 is 4.42 Å². The van der Waals surface area contributed by atoms with E-state index < -0.39 is 8.07 Å². The van der Waals surface area contributed by atoms with E-state index in [1.54, 1.807) is 0 Å². The summed E-state index contributed by atoms with van der Waals surface area (Å²) in [6, 6.07) is 38.8. The van der Waals surface area contributed by atoms with Gasteiger partial charge in [0.25, 0.3) is 0 Å². The van der Waals surface area contributed by atoms with Gasteiger partial charge in [-0.3, -0.25) is 0 Å². The molecule has 0 fully saturated rings. The van der Waals surface area contributed by atoms with Gasteiger partial charge in [0.05, 0.1) is 8.07 Å². The molecule has 5 aromatic rings.